The van der Waals surface area contributed by atoms with Crippen LogP contribution in [0.4, 0.5) is 23.9 Å². The van der Waals surface area contributed by atoms with E-state index in [9.17, 15) is 23.1 Å². The number of carboxylic acid groups (broad SMARTS) is 1. The van der Waals surface area contributed by atoms with Crippen LogP contribution in [0.15, 0.2) is 39.8 Å². The number of aromatic nitrogens is 6. The number of amides is 1. The molecule has 4 aromatic heterocycles. The molecule has 1 saturated heterocycles. The van der Waals surface area contributed by atoms with Crippen LogP contribution in [0.1, 0.15) is 22.8 Å². The van der Waals surface area contributed by atoms with Gasteiger partial charge in [-0.15, -0.1) is 11.3 Å². The number of H-pyrrole nitrogens is 1. The van der Waals surface area contributed by atoms with E-state index in [0.29, 0.717) is 42.8 Å². The SMILES string of the molecule is Cc1csc(C2(CNC(=O)O)C3CCN(c4nc5ncc(Sc6cccnc6C(F)(F)F)nc5[nH]4)CC32)n1. The van der Waals surface area contributed by atoms with Gasteiger partial charge in [0.2, 0.25) is 5.95 Å². The van der Waals surface area contributed by atoms with Gasteiger partial charge in [0, 0.05) is 47.2 Å². The quantitative estimate of drug-likeness (QED) is 0.314. The first-order valence-corrected chi connectivity index (χ1v) is 13.4. The molecular weight excluding hydrogens is 541 g/mol. The summed E-state index contributed by atoms with van der Waals surface area (Å²) < 4.78 is 40.0. The van der Waals surface area contributed by atoms with E-state index in [0.717, 1.165) is 35.1 Å². The summed E-state index contributed by atoms with van der Waals surface area (Å²) in [7, 11) is 0. The Kier molecular flexibility index (Phi) is 5.94. The number of hydrogen-bond acceptors (Lipinski definition) is 9. The molecule has 2 fully saturated rings. The summed E-state index contributed by atoms with van der Waals surface area (Å²) in [6.07, 6.45) is -2.30. The average Bonchev–Trinajstić information content (AvgIpc) is 3.14. The van der Waals surface area contributed by atoms with Crippen molar-refractivity contribution in [2.24, 2.45) is 11.8 Å². The van der Waals surface area contributed by atoms with Crippen molar-refractivity contribution in [2.45, 2.75) is 34.9 Å². The van der Waals surface area contributed by atoms with Crippen molar-refractivity contribution in [3.63, 3.8) is 0 Å². The van der Waals surface area contributed by atoms with Crippen LogP contribution in [0.2, 0.25) is 0 Å². The predicted molar refractivity (Wildman–Crippen MR) is 133 cm³/mol. The number of carbonyl (C=O) groups is 1. The molecular formula is C23H21F3N8O2S2. The number of imidazole rings is 1. The van der Waals surface area contributed by atoms with Gasteiger partial charge in [0.05, 0.1) is 6.20 Å². The number of rotatable bonds is 6. The molecule has 3 atom stereocenters. The highest BCUT2D eigenvalue weighted by atomic mass is 32.2. The molecule has 5 heterocycles. The zero-order valence-electron chi connectivity index (χ0n) is 19.9. The molecule has 1 saturated carbocycles. The normalized spacial score (nSPS) is 22.9. The molecule has 3 N–H and O–H groups in total. The third-order valence-corrected chi connectivity index (χ3v) is 9.21. The van der Waals surface area contributed by atoms with Crippen LogP contribution in [0.25, 0.3) is 11.3 Å². The zero-order chi connectivity index (χ0) is 26.7. The number of pyridine rings is 1. The van der Waals surface area contributed by atoms with Crippen LogP contribution in [0.5, 0.6) is 0 Å². The summed E-state index contributed by atoms with van der Waals surface area (Å²) >= 11 is 2.40. The van der Waals surface area contributed by atoms with E-state index in [2.05, 4.69) is 35.1 Å². The highest BCUT2D eigenvalue weighted by Crippen LogP contribution is 2.63. The van der Waals surface area contributed by atoms with Gasteiger partial charge in [-0.2, -0.15) is 18.2 Å². The fraction of sp³-hybridized carbons (Fsp3) is 0.391. The Morgan fingerprint density at radius 1 is 1.32 bits per heavy atom. The molecule has 0 bridgehead atoms. The van der Waals surface area contributed by atoms with E-state index in [1.165, 1.54) is 18.3 Å². The fourth-order valence-corrected chi connectivity index (χ4v) is 7.38. The lowest BCUT2D eigenvalue weighted by molar-refractivity contribution is -0.143. The maximum Gasteiger partial charge on any atom is 0.434 e. The first-order valence-electron chi connectivity index (χ1n) is 11.7. The van der Waals surface area contributed by atoms with Gasteiger partial charge >= 0.3 is 12.3 Å². The van der Waals surface area contributed by atoms with Crippen LogP contribution in [-0.4, -0.2) is 60.7 Å². The Balaban J connectivity index is 1.23. The number of anilines is 1. The molecule has 1 aliphatic carbocycles. The van der Waals surface area contributed by atoms with E-state index in [1.807, 2.05) is 12.3 Å². The molecule has 0 aromatic carbocycles. The van der Waals surface area contributed by atoms with Crippen molar-refractivity contribution in [2.75, 3.05) is 24.5 Å². The number of alkyl halides is 3. The first-order chi connectivity index (χ1) is 18.1. The largest absolute Gasteiger partial charge is 0.465 e. The van der Waals surface area contributed by atoms with Gasteiger partial charge in [-0.1, -0.05) is 11.8 Å². The summed E-state index contributed by atoms with van der Waals surface area (Å²) in [5, 5.41) is 15.0. The molecule has 6 rings (SSSR count). The van der Waals surface area contributed by atoms with E-state index >= 15 is 0 Å². The van der Waals surface area contributed by atoms with Crippen LogP contribution in [0, 0.1) is 18.8 Å². The van der Waals surface area contributed by atoms with Gasteiger partial charge in [0.25, 0.3) is 0 Å². The van der Waals surface area contributed by atoms with Crippen molar-refractivity contribution in [3.8, 4) is 0 Å². The van der Waals surface area contributed by atoms with Gasteiger partial charge < -0.3 is 20.3 Å². The van der Waals surface area contributed by atoms with Crippen molar-refractivity contribution >= 4 is 46.4 Å². The maximum atomic E-state index is 13.3. The van der Waals surface area contributed by atoms with Crippen LogP contribution in [-0.2, 0) is 11.6 Å². The molecule has 198 valence electrons. The summed E-state index contributed by atoms with van der Waals surface area (Å²) in [5.41, 5.74) is 0.324. The molecule has 1 aliphatic heterocycles. The Labute approximate surface area is 222 Å². The fourth-order valence-electron chi connectivity index (χ4n) is 5.38. The third-order valence-electron chi connectivity index (χ3n) is 7.10. The van der Waals surface area contributed by atoms with Crippen molar-refractivity contribution in [3.05, 3.63) is 46.3 Å². The monoisotopic (exact) mass is 562 g/mol. The third kappa shape index (κ3) is 4.32. The average molecular weight is 563 g/mol. The maximum absolute atomic E-state index is 13.3. The first kappa shape index (κ1) is 24.9. The molecule has 10 nitrogen and oxygen atoms in total. The van der Waals surface area contributed by atoms with E-state index in [1.54, 1.807) is 11.3 Å². The highest BCUT2D eigenvalue weighted by Gasteiger charge is 2.68. The number of hydrogen-bond donors (Lipinski definition) is 3. The minimum absolute atomic E-state index is 0.0621. The summed E-state index contributed by atoms with van der Waals surface area (Å²) in [6, 6.07) is 2.79. The second-order valence-corrected chi connectivity index (χ2v) is 11.3. The molecule has 2 aliphatic rings. The topological polar surface area (TPSA) is 133 Å². The standard InChI is InChI=1S/C23H21F3N8O2S2/c1-11-9-37-19(30-11)22(10-29-21(35)36)12-4-6-34(8-13(12)22)20-32-17-18(33-20)31-15(7-28-17)38-14-3-2-5-27-16(14)23(24,25)26/h2-3,5,7,9,12-13,29H,4,6,8,10H2,1H3,(H,35,36)(H,28,31,32,33). The molecule has 0 radical (unpaired) electrons. The number of halogens is 3. The molecule has 1 amide bonds. The van der Waals surface area contributed by atoms with Gasteiger partial charge in [0.15, 0.2) is 17.0 Å². The number of nitrogens with zero attached hydrogens (tertiary/aromatic N) is 6. The lowest BCUT2D eigenvalue weighted by Crippen LogP contribution is -2.34. The second kappa shape index (κ2) is 9.08. The van der Waals surface area contributed by atoms with Gasteiger partial charge in [-0.05, 0) is 37.3 Å². The van der Waals surface area contributed by atoms with Gasteiger partial charge in [-0.25, -0.2) is 19.7 Å². The van der Waals surface area contributed by atoms with E-state index in [4.69, 9.17) is 4.98 Å². The number of aryl methyl sites for hydroxylation is 1. The van der Waals surface area contributed by atoms with Gasteiger partial charge in [0.1, 0.15) is 10.0 Å². The highest BCUT2D eigenvalue weighted by molar-refractivity contribution is 7.99. The van der Waals surface area contributed by atoms with Crippen molar-refractivity contribution < 1.29 is 23.1 Å². The smallest absolute Gasteiger partial charge is 0.434 e. The number of thiazole rings is 1. The Hall–Kier alpha value is -3.46. The van der Waals surface area contributed by atoms with Crippen LogP contribution >= 0.6 is 23.1 Å². The lowest BCUT2D eigenvalue weighted by Gasteiger charge is -2.25. The minimum atomic E-state index is -4.58. The van der Waals surface area contributed by atoms with Gasteiger partial charge in [-0.3, -0.25) is 4.98 Å². The Morgan fingerprint density at radius 2 is 2.16 bits per heavy atom. The number of nitrogens with one attached hydrogen (secondary N) is 2. The number of piperidine rings is 1. The lowest BCUT2D eigenvalue weighted by atomic mass is 10.0. The van der Waals surface area contributed by atoms with E-state index in [-0.39, 0.29) is 21.3 Å². The Bertz CT molecular complexity index is 1530. The predicted octanol–water partition coefficient (Wildman–Crippen LogP) is 4.34. The zero-order valence-corrected chi connectivity index (χ0v) is 21.5. The van der Waals surface area contributed by atoms with Crippen molar-refractivity contribution in [1.82, 2.24) is 35.2 Å². The molecule has 4 aromatic rings. The molecule has 0 spiro atoms. The Morgan fingerprint density at radius 3 is 2.89 bits per heavy atom. The van der Waals surface area contributed by atoms with Crippen LogP contribution < -0.4 is 10.2 Å². The minimum Gasteiger partial charge on any atom is -0.465 e. The van der Waals surface area contributed by atoms with Crippen molar-refractivity contribution in [1.29, 1.82) is 0 Å². The summed E-state index contributed by atoms with van der Waals surface area (Å²) in [4.78, 5) is 38.0. The number of aromatic amines is 1. The van der Waals surface area contributed by atoms with E-state index < -0.39 is 18.0 Å². The summed E-state index contributed by atoms with van der Waals surface area (Å²) in [6.45, 7) is 3.58. The van der Waals surface area contributed by atoms with Crippen LogP contribution in [0.3, 0.4) is 0 Å². The molecule has 15 heteroatoms. The summed E-state index contributed by atoms with van der Waals surface area (Å²) in [5.74, 6) is 1.07. The molecule has 3 unspecified atom stereocenters. The number of fused-ring (bicyclic) bond motifs is 2. The second-order valence-electron chi connectivity index (χ2n) is 9.33. The molecule has 38 heavy (non-hydrogen) atoms.